The number of ether oxygens (including phenoxy) is 3. The second kappa shape index (κ2) is 11.0. The Bertz CT molecular complexity index is 571. The Morgan fingerprint density at radius 3 is 2.96 bits per heavy atom. The van der Waals surface area contributed by atoms with Crippen molar-refractivity contribution in [3.05, 3.63) is 29.3 Å². The Morgan fingerprint density at radius 2 is 2.27 bits per heavy atom. The predicted octanol–water partition coefficient (Wildman–Crippen LogP) is 2.67. The van der Waals surface area contributed by atoms with E-state index in [9.17, 15) is 0 Å². The first-order valence-electron chi connectivity index (χ1n) is 9.41. The van der Waals surface area contributed by atoms with E-state index >= 15 is 0 Å². The SMILES string of the molecule is CN=C(NCCCOCC1CCOC1)NC(C)c1cc(C)ccc1OC. The molecule has 2 atom stereocenters. The highest BCUT2D eigenvalue weighted by Gasteiger charge is 2.15. The minimum absolute atomic E-state index is 0.0923. The molecule has 0 bridgehead atoms. The monoisotopic (exact) mass is 363 g/mol. The Balaban J connectivity index is 1.70. The van der Waals surface area contributed by atoms with Gasteiger partial charge in [0.15, 0.2) is 5.96 Å². The Labute approximate surface area is 157 Å². The summed E-state index contributed by atoms with van der Waals surface area (Å²) in [5, 5.41) is 6.77. The maximum absolute atomic E-state index is 5.73. The van der Waals surface area contributed by atoms with Gasteiger partial charge in [0.2, 0.25) is 0 Å². The smallest absolute Gasteiger partial charge is 0.191 e. The van der Waals surface area contributed by atoms with E-state index in [0.29, 0.717) is 5.92 Å². The van der Waals surface area contributed by atoms with E-state index in [0.717, 1.165) is 63.1 Å². The molecule has 0 radical (unpaired) electrons. The molecule has 1 aliphatic heterocycles. The second-order valence-electron chi connectivity index (χ2n) is 6.77. The first-order chi connectivity index (χ1) is 12.6. The molecular formula is C20H33N3O3. The van der Waals surface area contributed by atoms with Gasteiger partial charge >= 0.3 is 0 Å². The molecule has 0 spiro atoms. The van der Waals surface area contributed by atoms with Crippen LogP contribution in [0.1, 0.15) is 36.9 Å². The summed E-state index contributed by atoms with van der Waals surface area (Å²) in [6.45, 7) is 8.28. The number of nitrogens with one attached hydrogen (secondary N) is 2. The molecule has 0 saturated carbocycles. The highest BCUT2D eigenvalue weighted by Crippen LogP contribution is 2.25. The normalized spacial score (nSPS) is 18.6. The molecule has 1 fully saturated rings. The molecule has 26 heavy (non-hydrogen) atoms. The molecule has 2 N–H and O–H groups in total. The molecule has 0 aromatic heterocycles. The molecule has 6 heteroatoms. The predicted molar refractivity (Wildman–Crippen MR) is 105 cm³/mol. The van der Waals surface area contributed by atoms with Crippen molar-refractivity contribution >= 4 is 5.96 Å². The van der Waals surface area contributed by atoms with Crippen molar-refractivity contribution in [3.63, 3.8) is 0 Å². The zero-order valence-corrected chi connectivity index (χ0v) is 16.5. The molecule has 2 unspecified atom stereocenters. The van der Waals surface area contributed by atoms with E-state index in [2.05, 4.69) is 41.6 Å². The fourth-order valence-electron chi connectivity index (χ4n) is 3.02. The van der Waals surface area contributed by atoms with Gasteiger partial charge in [-0.1, -0.05) is 17.7 Å². The summed E-state index contributed by atoms with van der Waals surface area (Å²) in [6, 6.07) is 6.30. The number of benzene rings is 1. The molecular weight excluding hydrogens is 330 g/mol. The summed E-state index contributed by atoms with van der Waals surface area (Å²) < 4.78 is 16.6. The quantitative estimate of drug-likeness (QED) is 0.401. The summed E-state index contributed by atoms with van der Waals surface area (Å²) in [7, 11) is 3.48. The molecule has 146 valence electrons. The van der Waals surface area contributed by atoms with Gasteiger partial charge < -0.3 is 24.8 Å². The summed E-state index contributed by atoms with van der Waals surface area (Å²) in [6.07, 6.45) is 2.06. The van der Waals surface area contributed by atoms with Crippen LogP contribution in [0.2, 0.25) is 0 Å². The third kappa shape index (κ3) is 6.50. The Hall–Kier alpha value is -1.79. The summed E-state index contributed by atoms with van der Waals surface area (Å²) >= 11 is 0. The minimum atomic E-state index is 0.0923. The fourth-order valence-corrected chi connectivity index (χ4v) is 3.02. The lowest BCUT2D eigenvalue weighted by atomic mass is 10.0. The van der Waals surface area contributed by atoms with Gasteiger partial charge in [-0.15, -0.1) is 0 Å². The van der Waals surface area contributed by atoms with Gasteiger partial charge in [-0.2, -0.15) is 0 Å². The number of nitrogens with zero attached hydrogens (tertiary/aromatic N) is 1. The lowest BCUT2D eigenvalue weighted by Gasteiger charge is -2.20. The average Bonchev–Trinajstić information content (AvgIpc) is 3.16. The summed E-state index contributed by atoms with van der Waals surface area (Å²) in [5.74, 6) is 2.24. The van der Waals surface area contributed by atoms with Crippen LogP contribution in [0.15, 0.2) is 23.2 Å². The highest BCUT2D eigenvalue weighted by molar-refractivity contribution is 5.80. The number of hydrogen-bond donors (Lipinski definition) is 2. The number of aryl methyl sites for hydroxylation is 1. The number of methoxy groups -OCH3 is 1. The molecule has 0 aliphatic carbocycles. The van der Waals surface area contributed by atoms with Crippen molar-refractivity contribution in [2.24, 2.45) is 10.9 Å². The van der Waals surface area contributed by atoms with E-state index in [1.807, 2.05) is 6.07 Å². The first kappa shape index (κ1) is 20.5. The number of rotatable bonds is 9. The molecule has 1 aromatic carbocycles. The van der Waals surface area contributed by atoms with Gasteiger partial charge in [0.05, 0.1) is 26.4 Å². The molecule has 1 heterocycles. The van der Waals surface area contributed by atoms with Gasteiger partial charge in [-0.25, -0.2) is 0 Å². The van der Waals surface area contributed by atoms with Gasteiger partial charge in [0, 0.05) is 38.3 Å². The minimum Gasteiger partial charge on any atom is -0.496 e. The molecule has 1 aliphatic rings. The zero-order chi connectivity index (χ0) is 18.8. The standard InChI is InChI=1S/C20H33N3O3/c1-15-6-7-19(24-4)18(12-15)16(2)23-20(21-3)22-9-5-10-25-13-17-8-11-26-14-17/h6-7,12,16-17H,5,8-11,13-14H2,1-4H3,(H2,21,22,23). The van der Waals surface area contributed by atoms with Crippen LogP contribution in [-0.4, -0.2) is 53.1 Å². The van der Waals surface area contributed by atoms with E-state index in [1.165, 1.54) is 5.56 Å². The average molecular weight is 364 g/mol. The first-order valence-corrected chi connectivity index (χ1v) is 9.41. The fraction of sp³-hybridized carbons (Fsp3) is 0.650. The van der Waals surface area contributed by atoms with E-state index in [1.54, 1.807) is 14.2 Å². The molecule has 6 nitrogen and oxygen atoms in total. The van der Waals surface area contributed by atoms with Crippen LogP contribution in [0.25, 0.3) is 0 Å². The third-order valence-electron chi connectivity index (χ3n) is 4.56. The van der Waals surface area contributed by atoms with Gasteiger partial charge in [-0.05, 0) is 32.8 Å². The van der Waals surface area contributed by atoms with Gasteiger partial charge in [-0.3, -0.25) is 4.99 Å². The van der Waals surface area contributed by atoms with Crippen molar-refractivity contribution in [2.75, 3.05) is 47.1 Å². The van der Waals surface area contributed by atoms with Gasteiger partial charge in [0.1, 0.15) is 5.75 Å². The Morgan fingerprint density at radius 1 is 1.42 bits per heavy atom. The topological polar surface area (TPSA) is 64.1 Å². The van der Waals surface area contributed by atoms with Crippen LogP contribution in [0.3, 0.4) is 0 Å². The van der Waals surface area contributed by atoms with Crippen LogP contribution in [0.4, 0.5) is 0 Å². The number of guanidine groups is 1. The van der Waals surface area contributed by atoms with Crippen LogP contribution >= 0.6 is 0 Å². The van der Waals surface area contributed by atoms with Crippen LogP contribution in [0, 0.1) is 12.8 Å². The van der Waals surface area contributed by atoms with Crippen molar-refractivity contribution < 1.29 is 14.2 Å². The van der Waals surface area contributed by atoms with Crippen molar-refractivity contribution in [1.82, 2.24) is 10.6 Å². The maximum Gasteiger partial charge on any atom is 0.191 e. The molecule has 0 amide bonds. The van der Waals surface area contributed by atoms with Crippen molar-refractivity contribution in [3.8, 4) is 5.75 Å². The lowest BCUT2D eigenvalue weighted by Crippen LogP contribution is -2.39. The van der Waals surface area contributed by atoms with Gasteiger partial charge in [0.25, 0.3) is 0 Å². The molecule has 1 saturated heterocycles. The third-order valence-corrected chi connectivity index (χ3v) is 4.56. The molecule has 1 aromatic rings. The Kier molecular flexibility index (Phi) is 8.71. The largest absolute Gasteiger partial charge is 0.496 e. The summed E-state index contributed by atoms with van der Waals surface area (Å²) in [4.78, 5) is 4.31. The van der Waals surface area contributed by atoms with Crippen LogP contribution in [0.5, 0.6) is 5.75 Å². The maximum atomic E-state index is 5.73. The number of aliphatic imine (C=N–C) groups is 1. The van der Waals surface area contributed by atoms with Crippen molar-refractivity contribution in [1.29, 1.82) is 0 Å². The number of hydrogen-bond acceptors (Lipinski definition) is 4. The highest BCUT2D eigenvalue weighted by atomic mass is 16.5. The second-order valence-corrected chi connectivity index (χ2v) is 6.77. The lowest BCUT2D eigenvalue weighted by molar-refractivity contribution is 0.0888. The van der Waals surface area contributed by atoms with Crippen molar-refractivity contribution in [2.45, 2.75) is 32.7 Å². The van der Waals surface area contributed by atoms with Crippen LogP contribution < -0.4 is 15.4 Å². The van der Waals surface area contributed by atoms with E-state index in [4.69, 9.17) is 14.2 Å². The van der Waals surface area contributed by atoms with Crippen LogP contribution in [-0.2, 0) is 9.47 Å². The van der Waals surface area contributed by atoms with E-state index < -0.39 is 0 Å². The summed E-state index contributed by atoms with van der Waals surface area (Å²) in [5.41, 5.74) is 2.33. The van der Waals surface area contributed by atoms with E-state index in [-0.39, 0.29) is 6.04 Å². The zero-order valence-electron chi connectivity index (χ0n) is 16.5. The molecule has 2 rings (SSSR count).